The number of carbonyl (C=O) groups is 1. The number of piperazine rings is 1. The fraction of sp³-hybridized carbons (Fsp3) is 0.304. The zero-order chi connectivity index (χ0) is 20.1. The van der Waals surface area contributed by atoms with Crippen LogP contribution in [0.15, 0.2) is 61.2 Å². The van der Waals surface area contributed by atoms with Crippen LogP contribution in [0.3, 0.4) is 0 Å². The Hall–Kier alpha value is -2.70. The van der Waals surface area contributed by atoms with Gasteiger partial charge in [-0.25, -0.2) is 0 Å². The summed E-state index contributed by atoms with van der Waals surface area (Å²) in [6.07, 6.45) is 3.47. The van der Waals surface area contributed by atoms with Gasteiger partial charge < -0.3 is 10.2 Å². The van der Waals surface area contributed by atoms with Gasteiger partial charge in [-0.05, 0) is 66.8 Å². The number of nitrogens with one attached hydrogen (secondary N) is 1. The number of carbonyl (C=O) groups excluding carboxylic acids is 1. The van der Waals surface area contributed by atoms with Gasteiger partial charge in [0.1, 0.15) is 5.82 Å². The minimum Gasteiger partial charge on any atom is -0.353 e. The second-order valence-corrected chi connectivity index (χ2v) is 8.13. The minimum absolute atomic E-state index is 0.178. The predicted octanol–water partition coefficient (Wildman–Crippen LogP) is 4.18. The van der Waals surface area contributed by atoms with Gasteiger partial charge in [0, 0.05) is 37.3 Å². The molecule has 0 spiro atoms. The zero-order valence-corrected chi connectivity index (χ0v) is 17.3. The Morgan fingerprint density at radius 2 is 1.86 bits per heavy atom. The Morgan fingerprint density at radius 1 is 1.10 bits per heavy atom. The third-order valence-electron chi connectivity index (χ3n) is 5.38. The number of hydrogen-bond donors (Lipinski definition) is 1. The fourth-order valence-corrected chi connectivity index (χ4v) is 4.53. The van der Waals surface area contributed by atoms with Gasteiger partial charge in [0.25, 0.3) is 0 Å². The van der Waals surface area contributed by atoms with Crippen molar-refractivity contribution < 1.29 is 4.79 Å². The van der Waals surface area contributed by atoms with Gasteiger partial charge in [-0.2, -0.15) is 4.37 Å². The van der Waals surface area contributed by atoms with E-state index in [1.54, 1.807) is 11.5 Å². The summed E-state index contributed by atoms with van der Waals surface area (Å²) in [4.78, 5) is 16.3. The number of fused-ring (bicyclic) bond motifs is 1. The first-order valence-corrected chi connectivity index (χ1v) is 10.8. The molecule has 1 aliphatic heterocycles. The summed E-state index contributed by atoms with van der Waals surface area (Å²) in [6, 6.07) is 16.6. The third-order valence-corrected chi connectivity index (χ3v) is 6.19. The fourth-order valence-electron chi connectivity index (χ4n) is 3.74. The number of hydrogen-bond acceptors (Lipinski definition) is 5. The molecule has 1 fully saturated rings. The van der Waals surface area contributed by atoms with Crippen LogP contribution in [-0.4, -0.2) is 47.9 Å². The Balaban J connectivity index is 1.22. The van der Waals surface area contributed by atoms with Crippen LogP contribution < -0.4 is 10.2 Å². The molecule has 0 unspecified atom stereocenters. The van der Waals surface area contributed by atoms with Crippen LogP contribution in [0.25, 0.3) is 10.1 Å². The van der Waals surface area contributed by atoms with E-state index in [1.165, 1.54) is 21.7 Å². The summed E-state index contributed by atoms with van der Waals surface area (Å²) in [7, 11) is 0. The van der Waals surface area contributed by atoms with Crippen molar-refractivity contribution in [2.24, 2.45) is 0 Å². The molecule has 0 atom stereocenters. The smallest absolute Gasteiger partial charge is 0.247 e. The second kappa shape index (κ2) is 9.20. The Morgan fingerprint density at radius 3 is 2.62 bits per heavy atom. The number of anilines is 2. The van der Waals surface area contributed by atoms with Gasteiger partial charge in [-0.3, -0.25) is 9.69 Å². The Kier molecular flexibility index (Phi) is 6.22. The molecule has 0 radical (unpaired) electrons. The largest absolute Gasteiger partial charge is 0.353 e. The quantitative estimate of drug-likeness (QED) is 0.598. The Labute approximate surface area is 175 Å². The van der Waals surface area contributed by atoms with Gasteiger partial charge in [-0.15, -0.1) is 0 Å². The lowest BCUT2D eigenvalue weighted by Gasteiger charge is -2.35. The van der Waals surface area contributed by atoms with Crippen molar-refractivity contribution in [3.8, 4) is 0 Å². The molecule has 150 valence electrons. The van der Waals surface area contributed by atoms with Crippen molar-refractivity contribution in [3.05, 3.63) is 66.7 Å². The number of rotatable bonds is 7. The maximum Gasteiger partial charge on any atom is 0.247 e. The second-order valence-electron chi connectivity index (χ2n) is 7.32. The highest BCUT2D eigenvalue weighted by Gasteiger charge is 2.20. The van der Waals surface area contributed by atoms with Crippen LogP contribution in [0, 0.1) is 0 Å². The van der Waals surface area contributed by atoms with Gasteiger partial charge in [-0.1, -0.05) is 30.8 Å². The summed E-state index contributed by atoms with van der Waals surface area (Å²) in [5.41, 5.74) is 2.11. The predicted molar refractivity (Wildman–Crippen MR) is 122 cm³/mol. The van der Waals surface area contributed by atoms with Gasteiger partial charge in [0.2, 0.25) is 5.91 Å². The molecular formula is C23H26N4OS. The van der Waals surface area contributed by atoms with E-state index in [4.69, 9.17) is 4.37 Å². The van der Waals surface area contributed by atoms with Crippen molar-refractivity contribution in [2.45, 2.75) is 12.8 Å². The van der Waals surface area contributed by atoms with E-state index in [-0.39, 0.29) is 5.91 Å². The lowest BCUT2D eigenvalue weighted by atomic mass is 10.1. The van der Waals surface area contributed by atoms with E-state index in [2.05, 4.69) is 58.1 Å². The molecule has 1 amide bonds. The molecule has 0 aliphatic carbocycles. The molecule has 2 heterocycles. The van der Waals surface area contributed by atoms with Crippen LogP contribution in [0.2, 0.25) is 0 Å². The SMILES string of the molecule is C=CC(=O)Nc1ccc(CCCN2CCN(c3nsc4ccccc34)CC2)cc1. The first-order chi connectivity index (χ1) is 14.2. The molecule has 1 N–H and O–H groups in total. The van der Waals surface area contributed by atoms with Crippen molar-refractivity contribution in [3.63, 3.8) is 0 Å². The lowest BCUT2D eigenvalue weighted by molar-refractivity contribution is -0.111. The van der Waals surface area contributed by atoms with Crippen molar-refractivity contribution in [1.82, 2.24) is 9.27 Å². The molecule has 2 aromatic carbocycles. The average Bonchev–Trinajstić information content (AvgIpc) is 3.19. The number of aryl methyl sites for hydroxylation is 1. The van der Waals surface area contributed by atoms with Gasteiger partial charge in [0.05, 0.1) is 4.70 Å². The molecule has 0 bridgehead atoms. The van der Waals surface area contributed by atoms with Crippen LogP contribution in [0.1, 0.15) is 12.0 Å². The molecular weight excluding hydrogens is 380 g/mol. The molecule has 4 rings (SSSR count). The van der Waals surface area contributed by atoms with Crippen LogP contribution in [0.5, 0.6) is 0 Å². The molecule has 3 aromatic rings. The standard InChI is InChI=1S/C23H26N4OS/c1-2-22(28)24-19-11-9-18(10-12-19)6-5-13-26-14-16-27(17-15-26)23-20-7-3-4-8-21(20)29-25-23/h2-4,7-12H,1,5-6,13-17H2,(H,24,28). The van der Waals surface area contributed by atoms with Crippen LogP contribution >= 0.6 is 11.5 Å². The van der Waals surface area contributed by atoms with Gasteiger partial charge in [0.15, 0.2) is 0 Å². The summed E-state index contributed by atoms with van der Waals surface area (Å²) >= 11 is 1.59. The molecule has 6 heteroatoms. The minimum atomic E-state index is -0.178. The summed E-state index contributed by atoms with van der Waals surface area (Å²) < 4.78 is 5.96. The first-order valence-electron chi connectivity index (χ1n) is 10.1. The van der Waals surface area contributed by atoms with E-state index in [0.717, 1.165) is 57.1 Å². The van der Waals surface area contributed by atoms with E-state index in [0.29, 0.717) is 0 Å². The highest BCUT2D eigenvalue weighted by atomic mass is 32.1. The molecule has 1 aromatic heterocycles. The summed E-state index contributed by atoms with van der Waals surface area (Å²) in [6.45, 7) is 8.81. The maximum absolute atomic E-state index is 11.3. The molecule has 0 saturated carbocycles. The van der Waals surface area contributed by atoms with E-state index in [9.17, 15) is 4.79 Å². The molecule has 5 nitrogen and oxygen atoms in total. The molecule has 1 saturated heterocycles. The van der Waals surface area contributed by atoms with E-state index < -0.39 is 0 Å². The normalized spacial score (nSPS) is 14.8. The number of aromatic nitrogens is 1. The maximum atomic E-state index is 11.3. The highest BCUT2D eigenvalue weighted by molar-refractivity contribution is 7.13. The highest BCUT2D eigenvalue weighted by Crippen LogP contribution is 2.29. The lowest BCUT2D eigenvalue weighted by Crippen LogP contribution is -2.46. The molecule has 1 aliphatic rings. The number of nitrogens with zero attached hydrogens (tertiary/aromatic N) is 3. The van der Waals surface area contributed by atoms with Crippen molar-refractivity contribution in [1.29, 1.82) is 0 Å². The van der Waals surface area contributed by atoms with E-state index >= 15 is 0 Å². The van der Waals surface area contributed by atoms with Crippen LogP contribution in [0.4, 0.5) is 11.5 Å². The average molecular weight is 407 g/mol. The topological polar surface area (TPSA) is 48.5 Å². The first kappa shape index (κ1) is 19.6. The third kappa shape index (κ3) is 4.83. The van der Waals surface area contributed by atoms with Crippen LogP contribution in [-0.2, 0) is 11.2 Å². The molecule has 29 heavy (non-hydrogen) atoms. The van der Waals surface area contributed by atoms with Crippen molar-refractivity contribution in [2.75, 3.05) is 42.9 Å². The summed E-state index contributed by atoms with van der Waals surface area (Å²) in [5.74, 6) is 0.969. The van der Waals surface area contributed by atoms with Gasteiger partial charge >= 0.3 is 0 Å². The summed E-state index contributed by atoms with van der Waals surface area (Å²) in [5, 5.41) is 4.06. The monoisotopic (exact) mass is 406 g/mol. The van der Waals surface area contributed by atoms with E-state index in [1.807, 2.05) is 12.1 Å². The zero-order valence-electron chi connectivity index (χ0n) is 16.5. The van der Waals surface area contributed by atoms with Crippen molar-refractivity contribution >= 4 is 39.0 Å². The number of benzene rings is 2. The number of amides is 1. The Bertz CT molecular complexity index is 974.